The topological polar surface area (TPSA) is 80.0 Å². The van der Waals surface area contributed by atoms with Gasteiger partial charge in [0.15, 0.2) is 5.65 Å². The molecule has 164 valence electrons. The van der Waals surface area contributed by atoms with Gasteiger partial charge >= 0.3 is 0 Å². The number of aliphatic hydroxyl groups is 1. The number of halogens is 2. The zero-order chi connectivity index (χ0) is 23.0. The normalized spacial score (nSPS) is 11.7. The molecule has 0 amide bonds. The molecule has 4 rings (SSSR count). The van der Waals surface area contributed by atoms with Crippen molar-refractivity contribution in [3.63, 3.8) is 0 Å². The van der Waals surface area contributed by atoms with Crippen LogP contribution in [0, 0.1) is 18.6 Å². The van der Waals surface area contributed by atoms with Crippen LogP contribution in [0.4, 0.5) is 14.7 Å². The third-order valence-electron chi connectivity index (χ3n) is 5.13. The number of rotatable bonds is 5. The summed E-state index contributed by atoms with van der Waals surface area (Å²) in [5.41, 5.74) is 0.747. The molecule has 0 bridgehead atoms. The van der Waals surface area contributed by atoms with Gasteiger partial charge in [-0.2, -0.15) is 4.98 Å². The van der Waals surface area contributed by atoms with Crippen molar-refractivity contribution in [2.75, 3.05) is 11.9 Å². The molecule has 2 aromatic carbocycles. The number of benzene rings is 2. The van der Waals surface area contributed by atoms with Crippen LogP contribution in [0.5, 0.6) is 0 Å². The minimum absolute atomic E-state index is 0.0518. The molecular weight excluding hydrogens is 414 g/mol. The van der Waals surface area contributed by atoms with Gasteiger partial charge in [-0.05, 0) is 62.7 Å². The quantitative estimate of drug-likeness (QED) is 0.490. The molecule has 8 heteroatoms. The van der Waals surface area contributed by atoms with Crippen molar-refractivity contribution in [2.45, 2.75) is 26.3 Å². The van der Waals surface area contributed by atoms with E-state index in [0.29, 0.717) is 22.2 Å². The lowest BCUT2D eigenvalue weighted by Gasteiger charge is -2.24. The number of nitrogens with zero attached hydrogens (tertiary/aromatic N) is 3. The predicted octanol–water partition coefficient (Wildman–Crippen LogP) is 4.22. The Labute approximate surface area is 183 Å². The van der Waals surface area contributed by atoms with Gasteiger partial charge in [0.25, 0.3) is 5.56 Å². The third kappa shape index (κ3) is 3.97. The third-order valence-corrected chi connectivity index (χ3v) is 5.13. The van der Waals surface area contributed by atoms with Crippen LogP contribution in [0.3, 0.4) is 0 Å². The summed E-state index contributed by atoms with van der Waals surface area (Å²) in [5, 5.41) is 13.2. The highest BCUT2D eigenvalue weighted by Crippen LogP contribution is 2.31. The fourth-order valence-corrected chi connectivity index (χ4v) is 3.48. The summed E-state index contributed by atoms with van der Waals surface area (Å²) >= 11 is 0. The Morgan fingerprint density at radius 3 is 2.50 bits per heavy atom. The molecule has 0 spiro atoms. The Kier molecular flexibility index (Phi) is 5.48. The van der Waals surface area contributed by atoms with E-state index in [9.17, 15) is 18.7 Å². The number of nitrogens with one attached hydrogen (secondary N) is 1. The molecule has 6 nitrogen and oxygen atoms in total. The summed E-state index contributed by atoms with van der Waals surface area (Å²) in [4.78, 5) is 21.9. The second-order valence-electron chi connectivity index (χ2n) is 8.22. The maximum Gasteiger partial charge on any atom is 0.256 e. The van der Waals surface area contributed by atoms with Gasteiger partial charge in [0.05, 0.1) is 23.5 Å². The van der Waals surface area contributed by atoms with Crippen LogP contribution in [0.2, 0.25) is 0 Å². The second-order valence-corrected chi connectivity index (χ2v) is 8.22. The molecule has 0 saturated carbocycles. The SMILES string of the molecule is Cc1cc(F)ccc1-c1nc(NC(C)(C)CO)nc2c1ccc(=O)n2-c1ccccc1F. The molecular formula is C24H22F2N4O2. The smallest absolute Gasteiger partial charge is 0.256 e. The number of aliphatic hydroxyl groups excluding tert-OH is 1. The summed E-state index contributed by atoms with van der Waals surface area (Å²) in [5.74, 6) is -0.816. The number of aryl methyl sites for hydroxylation is 1. The van der Waals surface area contributed by atoms with Crippen molar-refractivity contribution in [2.24, 2.45) is 0 Å². The monoisotopic (exact) mass is 436 g/mol. The molecule has 2 N–H and O–H groups in total. The van der Waals surface area contributed by atoms with E-state index in [1.165, 1.54) is 41.0 Å². The van der Waals surface area contributed by atoms with Crippen LogP contribution in [-0.2, 0) is 0 Å². The lowest BCUT2D eigenvalue weighted by Crippen LogP contribution is -2.36. The highest BCUT2D eigenvalue weighted by atomic mass is 19.1. The van der Waals surface area contributed by atoms with E-state index in [4.69, 9.17) is 0 Å². The molecule has 0 aliphatic carbocycles. The lowest BCUT2D eigenvalue weighted by atomic mass is 10.0. The lowest BCUT2D eigenvalue weighted by molar-refractivity contribution is 0.233. The first-order valence-corrected chi connectivity index (χ1v) is 10.0. The predicted molar refractivity (Wildman–Crippen MR) is 120 cm³/mol. The zero-order valence-electron chi connectivity index (χ0n) is 17.9. The van der Waals surface area contributed by atoms with Gasteiger partial charge in [0, 0.05) is 17.0 Å². The second kappa shape index (κ2) is 8.12. The number of anilines is 1. The fraction of sp³-hybridized carbons (Fsp3) is 0.208. The van der Waals surface area contributed by atoms with Gasteiger partial charge in [-0.1, -0.05) is 12.1 Å². The molecule has 0 radical (unpaired) electrons. The molecule has 0 atom stereocenters. The number of hydrogen-bond donors (Lipinski definition) is 2. The zero-order valence-corrected chi connectivity index (χ0v) is 17.9. The molecule has 2 heterocycles. The minimum atomic E-state index is -0.763. The average molecular weight is 436 g/mol. The van der Waals surface area contributed by atoms with Crippen molar-refractivity contribution in [1.29, 1.82) is 0 Å². The standard InChI is InChI=1S/C24H22F2N4O2/c1-14-12-15(25)8-9-16(14)21-17-10-11-20(32)30(19-7-5-4-6-18(19)26)22(17)28-23(27-21)29-24(2,3)13-31/h4-12,31H,13H2,1-3H3,(H,27,28,29). The maximum absolute atomic E-state index is 14.6. The summed E-state index contributed by atoms with van der Waals surface area (Å²) in [7, 11) is 0. The van der Waals surface area contributed by atoms with Crippen LogP contribution in [-0.4, -0.2) is 31.8 Å². The highest BCUT2D eigenvalue weighted by Gasteiger charge is 2.22. The number of pyridine rings is 1. The van der Waals surface area contributed by atoms with Crippen molar-refractivity contribution < 1.29 is 13.9 Å². The Morgan fingerprint density at radius 1 is 1.06 bits per heavy atom. The van der Waals surface area contributed by atoms with Crippen molar-refractivity contribution in [3.8, 4) is 16.9 Å². The van der Waals surface area contributed by atoms with E-state index in [-0.39, 0.29) is 29.7 Å². The Bertz CT molecular complexity index is 1380. The molecule has 2 aromatic heterocycles. The maximum atomic E-state index is 14.6. The van der Waals surface area contributed by atoms with Crippen molar-refractivity contribution >= 4 is 17.0 Å². The van der Waals surface area contributed by atoms with E-state index in [0.717, 1.165) is 0 Å². The molecule has 4 aromatic rings. The fourth-order valence-electron chi connectivity index (χ4n) is 3.48. The highest BCUT2D eigenvalue weighted by molar-refractivity contribution is 5.93. The first-order chi connectivity index (χ1) is 15.2. The summed E-state index contributed by atoms with van der Waals surface area (Å²) < 4.78 is 29.6. The van der Waals surface area contributed by atoms with E-state index < -0.39 is 16.9 Å². The van der Waals surface area contributed by atoms with E-state index >= 15 is 0 Å². The summed E-state index contributed by atoms with van der Waals surface area (Å²) in [6.07, 6.45) is 0. The van der Waals surface area contributed by atoms with Crippen molar-refractivity contribution in [3.05, 3.63) is 82.1 Å². The molecule has 32 heavy (non-hydrogen) atoms. The molecule has 0 fully saturated rings. The van der Waals surface area contributed by atoms with Gasteiger partial charge in [-0.25, -0.2) is 13.8 Å². The summed E-state index contributed by atoms with van der Waals surface area (Å²) in [6.45, 7) is 5.08. The van der Waals surface area contributed by atoms with Gasteiger partial charge in [0.2, 0.25) is 5.95 Å². The van der Waals surface area contributed by atoms with Gasteiger partial charge in [-0.15, -0.1) is 0 Å². The molecule has 0 aliphatic heterocycles. The summed E-state index contributed by atoms with van der Waals surface area (Å²) in [6, 6.07) is 13.1. The number of para-hydroxylation sites is 1. The Balaban J connectivity index is 2.10. The van der Waals surface area contributed by atoms with Gasteiger partial charge < -0.3 is 10.4 Å². The first kappa shape index (κ1) is 21.6. The average Bonchev–Trinajstić information content (AvgIpc) is 2.74. The van der Waals surface area contributed by atoms with Gasteiger partial charge in [0.1, 0.15) is 11.6 Å². The molecule has 0 saturated heterocycles. The number of fused-ring (bicyclic) bond motifs is 1. The van der Waals surface area contributed by atoms with Crippen LogP contribution < -0.4 is 10.9 Å². The number of aromatic nitrogens is 3. The Hall–Kier alpha value is -3.65. The largest absolute Gasteiger partial charge is 0.394 e. The molecule has 0 unspecified atom stereocenters. The van der Waals surface area contributed by atoms with Crippen LogP contribution >= 0.6 is 0 Å². The first-order valence-electron chi connectivity index (χ1n) is 10.0. The van der Waals surface area contributed by atoms with E-state index in [1.54, 1.807) is 39.0 Å². The van der Waals surface area contributed by atoms with Crippen LogP contribution in [0.1, 0.15) is 19.4 Å². The Morgan fingerprint density at radius 2 is 1.81 bits per heavy atom. The van der Waals surface area contributed by atoms with Crippen LogP contribution in [0.25, 0.3) is 28.0 Å². The number of hydrogen-bond acceptors (Lipinski definition) is 5. The molecule has 0 aliphatic rings. The van der Waals surface area contributed by atoms with Gasteiger partial charge in [-0.3, -0.25) is 9.36 Å². The van der Waals surface area contributed by atoms with E-state index in [1.807, 2.05) is 0 Å². The van der Waals surface area contributed by atoms with Crippen LogP contribution in [0.15, 0.2) is 59.4 Å². The minimum Gasteiger partial charge on any atom is -0.394 e. The van der Waals surface area contributed by atoms with E-state index in [2.05, 4.69) is 15.3 Å². The van der Waals surface area contributed by atoms with Crippen molar-refractivity contribution in [1.82, 2.24) is 14.5 Å².